The van der Waals surface area contributed by atoms with Gasteiger partial charge in [-0.25, -0.2) is 21.8 Å². The van der Waals surface area contributed by atoms with Crippen LogP contribution >= 0.6 is 0 Å². The van der Waals surface area contributed by atoms with Gasteiger partial charge in [0.15, 0.2) is 5.84 Å². The first-order valence-electron chi connectivity index (χ1n) is 9.04. The molecule has 164 valence electrons. The standard InChI is InChI=1S/C20H16N4O6S2.2Na/c25-31(26,27)23-14-19(16-9-5-2-6-10-16)22-20(24(23)32(28,29)30)18-13-17(11-12-21-18)15-7-3-1-4-8-15;;/h1-14H,(H,25,26,27)(H,28,29,30);;/q;2*+1/p-2. The van der Waals surface area contributed by atoms with Gasteiger partial charge in [0, 0.05) is 11.8 Å². The van der Waals surface area contributed by atoms with E-state index in [0.29, 0.717) is 17.3 Å². The normalized spacial score (nSPS) is 13.8. The van der Waals surface area contributed by atoms with Crippen LogP contribution in [0.15, 0.2) is 90.2 Å². The molecule has 3 aromatic rings. The van der Waals surface area contributed by atoms with Crippen molar-refractivity contribution in [2.24, 2.45) is 4.99 Å². The van der Waals surface area contributed by atoms with E-state index < -0.39 is 26.4 Å². The number of nitrogens with zero attached hydrogens (tertiary/aromatic N) is 4. The van der Waals surface area contributed by atoms with Crippen LogP contribution in [0.1, 0.15) is 11.3 Å². The van der Waals surface area contributed by atoms with Crippen LogP contribution in [0.3, 0.4) is 0 Å². The summed E-state index contributed by atoms with van der Waals surface area (Å²) in [6.45, 7) is 0. The van der Waals surface area contributed by atoms with Gasteiger partial charge in [0.1, 0.15) is 5.69 Å². The third-order valence-corrected chi connectivity index (χ3v) is 6.03. The van der Waals surface area contributed by atoms with Crippen molar-refractivity contribution in [1.29, 1.82) is 0 Å². The second kappa shape index (κ2) is 11.4. The monoisotopic (exact) mass is 516 g/mol. The van der Waals surface area contributed by atoms with Crippen molar-refractivity contribution < 1.29 is 85.1 Å². The van der Waals surface area contributed by atoms with Crippen LogP contribution in [0, 0.1) is 0 Å². The van der Waals surface area contributed by atoms with Gasteiger partial charge >= 0.3 is 59.1 Å². The number of pyridine rings is 1. The average Bonchev–Trinajstić information content (AvgIpc) is 2.78. The van der Waals surface area contributed by atoms with Gasteiger partial charge < -0.3 is 9.11 Å². The van der Waals surface area contributed by atoms with Crippen LogP contribution in [-0.4, -0.2) is 45.6 Å². The van der Waals surface area contributed by atoms with Gasteiger partial charge in [0.25, 0.3) is 0 Å². The predicted octanol–water partition coefficient (Wildman–Crippen LogP) is -4.05. The maximum atomic E-state index is 12.0. The molecule has 14 heteroatoms. The van der Waals surface area contributed by atoms with Crippen molar-refractivity contribution in [2.45, 2.75) is 0 Å². The van der Waals surface area contributed by atoms with Crippen LogP contribution < -0.4 is 59.1 Å². The Morgan fingerprint density at radius 3 is 1.79 bits per heavy atom. The molecule has 0 fully saturated rings. The summed E-state index contributed by atoms with van der Waals surface area (Å²) in [6, 6.07) is 20.3. The average molecular weight is 516 g/mol. The summed E-state index contributed by atoms with van der Waals surface area (Å²) in [5.41, 5.74) is 1.58. The van der Waals surface area contributed by atoms with Gasteiger partial charge in [-0.15, -0.1) is 0 Å². The molecule has 0 aliphatic carbocycles. The summed E-state index contributed by atoms with van der Waals surface area (Å²) in [6.07, 6.45) is 2.03. The zero-order valence-electron chi connectivity index (χ0n) is 18.1. The third-order valence-electron chi connectivity index (χ3n) is 4.43. The van der Waals surface area contributed by atoms with E-state index in [2.05, 4.69) is 9.98 Å². The summed E-state index contributed by atoms with van der Waals surface area (Å²) >= 11 is 0. The molecule has 0 amide bonds. The molecule has 0 unspecified atom stereocenters. The second-order valence-corrected chi connectivity index (χ2v) is 8.97. The smallest absolute Gasteiger partial charge is 0.730 e. The second-order valence-electron chi connectivity index (χ2n) is 6.54. The Morgan fingerprint density at radius 1 is 0.706 bits per heavy atom. The first-order valence-corrected chi connectivity index (χ1v) is 11.8. The maximum absolute atomic E-state index is 12.0. The fourth-order valence-electron chi connectivity index (χ4n) is 3.06. The third kappa shape index (κ3) is 6.34. The van der Waals surface area contributed by atoms with Crippen LogP contribution in [-0.2, 0) is 20.6 Å². The Hall–Kier alpha value is -1.58. The Bertz CT molecular complexity index is 1430. The van der Waals surface area contributed by atoms with Gasteiger partial charge in [0.2, 0.25) is 20.6 Å². The molecule has 0 atom stereocenters. The number of aliphatic imine (C=N–C) groups is 1. The summed E-state index contributed by atoms with van der Waals surface area (Å²) in [7, 11) is -11.0. The molecule has 34 heavy (non-hydrogen) atoms. The number of benzene rings is 2. The quantitative estimate of drug-likeness (QED) is 0.248. The molecule has 1 aromatic heterocycles. The van der Waals surface area contributed by atoms with Crippen molar-refractivity contribution in [1.82, 2.24) is 13.8 Å². The van der Waals surface area contributed by atoms with Crippen LogP contribution in [0.25, 0.3) is 16.8 Å². The SMILES string of the molecule is O=S(=O)([O-])N1C=C(c2ccccc2)N=C(c2cc(-c3ccccc3)ccn2)N1S(=O)(=O)[O-].[Na+].[Na+]. The minimum absolute atomic E-state index is 0. The van der Waals surface area contributed by atoms with Gasteiger partial charge in [-0.2, -0.15) is 8.83 Å². The fourth-order valence-corrected chi connectivity index (χ4v) is 4.63. The molecule has 0 saturated carbocycles. The summed E-state index contributed by atoms with van der Waals surface area (Å²) in [5.74, 6) is -0.626. The summed E-state index contributed by atoms with van der Waals surface area (Å²) in [4.78, 5) is 8.26. The van der Waals surface area contributed by atoms with Crippen LogP contribution in [0.4, 0.5) is 0 Å². The molecule has 2 aromatic carbocycles. The number of amidine groups is 1. The molecule has 10 nitrogen and oxygen atoms in total. The first kappa shape index (κ1) is 28.7. The molecular formula is C20H14N4Na2O6S2. The van der Waals surface area contributed by atoms with Gasteiger partial charge in [0.05, 0.1) is 11.9 Å². The maximum Gasteiger partial charge on any atom is 1.00 e. The van der Waals surface area contributed by atoms with Crippen molar-refractivity contribution in [3.8, 4) is 11.1 Å². The molecule has 0 spiro atoms. The van der Waals surface area contributed by atoms with Crippen molar-refractivity contribution in [3.05, 3.63) is 96.5 Å². The molecule has 1 aliphatic rings. The number of aromatic nitrogens is 1. The molecule has 0 saturated heterocycles. The van der Waals surface area contributed by atoms with Crippen molar-refractivity contribution in [3.63, 3.8) is 0 Å². The molecule has 0 radical (unpaired) electrons. The Balaban J connectivity index is 0.00000204. The minimum atomic E-state index is -5.52. The Morgan fingerprint density at radius 2 is 1.26 bits per heavy atom. The molecule has 4 rings (SSSR count). The van der Waals surface area contributed by atoms with Gasteiger partial charge in [-0.3, -0.25) is 4.98 Å². The number of hydrogen-bond donors (Lipinski definition) is 0. The minimum Gasteiger partial charge on any atom is -0.730 e. The molecule has 0 N–H and O–H groups in total. The van der Waals surface area contributed by atoms with E-state index in [1.165, 1.54) is 12.3 Å². The topological polar surface area (TPSA) is 146 Å². The first-order chi connectivity index (χ1) is 15.1. The molecule has 1 aliphatic heterocycles. The predicted molar refractivity (Wildman–Crippen MR) is 114 cm³/mol. The number of hydrazine groups is 1. The Labute approximate surface area is 241 Å². The van der Waals surface area contributed by atoms with Crippen LogP contribution in [0.2, 0.25) is 0 Å². The number of rotatable bonds is 5. The van der Waals surface area contributed by atoms with E-state index in [1.807, 2.05) is 6.07 Å². The van der Waals surface area contributed by atoms with Gasteiger partial charge in [-0.05, 0) is 23.3 Å². The molecule has 0 bridgehead atoms. The fraction of sp³-hybridized carbons (Fsp3) is 0. The summed E-state index contributed by atoms with van der Waals surface area (Å²) in [5, 5.41) is 0. The van der Waals surface area contributed by atoms with Crippen LogP contribution in [0.5, 0.6) is 0 Å². The van der Waals surface area contributed by atoms with E-state index in [9.17, 15) is 25.9 Å². The van der Waals surface area contributed by atoms with Crippen molar-refractivity contribution >= 4 is 32.1 Å². The van der Waals surface area contributed by atoms with E-state index in [4.69, 9.17) is 0 Å². The van der Waals surface area contributed by atoms with Crippen molar-refractivity contribution in [2.75, 3.05) is 0 Å². The Kier molecular flexibility index (Phi) is 9.64. The van der Waals surface area contributed by atoms with E-state index in [0.717, 1.165) is 5.56 Å². The van der Waals surface area contributed by atoms with E-state index in [-0.39, 0.29) is 79.3 Å². The zero-order chi connectivity index (χ0) is 22.9. The number of hydrogen-bond acceptors (Lipinski definition) is 8. The van der Waals surface area contributed by atoms with E-state index in [1.54, 1.807) is 60.7 Å². The largest absolute Gasteiger partial charge is 1.00 e. The summed E-state index contributed by atoms with van der Waals surface area (Å²) < 4.78 is 71.3. The van der Waals surface area contributed by atoms with Gasteiger partial charge in [-0.1, -0.05) is 60.7 Å². The zero-order valence-corrected chi connectivity index (χ0v) is 23.8. The molecular weight excluding hydrogens is 502 g/mol. The van der Waals surface area contributed by atoms with E-state index >= 15 is 0 Å². The molecule has 2 heterocycles.